The van der Waals surface area contributed by atoms with Crippen molar-refractivity contribution in [1.29, 1.82) is 0 Å². The maximum absolute atomic E-state index is 12.7. The highest BCUT2D eigenvalue weighted by Crippen LogP contribution is 2.31. The van der Waals surface area contributed by atoms with Gasteiger partial charge in [0.15, 0.2) is 5.17 Å². The first-order chi connectivity index (χ1) is 11.1. The number of thioether (sulfide) groups is 1. The van der Waals surface area contributed by atoms with Gasteiger partial charge in [-0.3, -0.25) is 9.59 Å². The molecule has 1 saturated heterocycles. The number of aliphatic carboxylic acids is 1. The Morgan fingerprint density at radius 2 is 2.12 bits per heavy atom. The number of nitrogens with one attached hydrogen (secondary N) is 1. The minimum atomic E-state index is -4.54. The number of alkyl halides is 3. The summed E-state index contributed by atoms with van der Waals surface area (Å²) in [5, 5.41) is 17.4. The van der Waals surface area contributed by atoms with Gasteiger partial charge in [0.05, 0.1) is 18.2 Å². The van der Waals surface area contributed by atoms with Crippen LogP contribution in [-0.2, 0) is 15.8 Å². The van der Waals surface area contributed by atoms with E-state index in [1.807, 2.05) is 0 Å². The molecule has 128 valence electrons. The normalized spacial score (nSPS) is 19.9. The molecule has 24 heavy (non-hydrogen) atoms. The van der Waals surface area contributed by atoms with Gasteiger partial charge in [0, 0.05) is 5.02 Å². The van der Waals surface area contributed by atoms with Crippen LogP contribution in [-0.4, -0.2) is 33.6 Å². The third-order valence-corrected chi connectivity index (χ3v) is 4.03. The summed E-state index contributed by atoms with van der Waals surface area (Å²) in [5.41, 5.74) is -0.843. The van der Waals surface area contributed by atoms with Crippen molar-refractivity contribution in [2.75, 3.05) is 0 Å². The lowest BCUT2D eigenvalue weighted by Crippen LogP contribution is -2.26. The Morgan fingerprint density at radius 1 is 1.42 bits per heavy atom. The molecule has 0 bridgehead atoms. The van der Waals surface area contributed by atoms with Crippen molar-refractivity contribution in [1.82, 2.24) is 5.32 Å². The Balaban J connectivity index is 2.11. The van der Waals surface area contributed by atoms with Crippen LogP contribution in [0.3, 0.4) is 0 Å². The molecular formula is C13H9ClF3N3O3S. The van der Waals surface area contributed by atoms with Gasteiger partial charge in [0.2, 0.25) is 5.91 Å². The second-order valence-electron chi connectivity index (χ2n) is 4.61. The maximum atomic E-state index is 12.7. The minimum absolute atomic E-state index is 0.0700. The van der Waals surface area contributed by atoms with E-state index in [1.54, 1.807) is 0 Å². The van der Waals surface area contributed by atoms with E-state index in [0.29, 0.717) is 0 Å². The lowest BCUT2D eigenvalue weighted by Gasteiger charge is -2.07. The monoisotopic (exact) mass is 379 g/mol. The molecule has 1 heterocycles. The molecule has 1 fully saturated rings. The van der Waals surface area contributed by atoms with Gasteiger partial charge in [0.1, 0.15) is 5.25 Å². The molecule has 0 saturated carbocycles. The molecule has 1 atom stereocenters. The number of nitrogens with zero attached hydrogens (tertiary/aromatic N) is 2. The number of hydrogen-bond acceptors (Lipinski definition) is 5. The van der Waals surface area contributed by atoms with Gasteiger partial charge >= 0.3 is 12.1 Å². The van der Waals surface area contributed by atoms with Crippen molar-refractivity contribution in [2.45, 2.75) is 17.8 Å². The molecule has 1 aliphatic heterocycles. The van der Waals surface area contributed by atoms with E-state index in [4.69, 9.17) is 16.7 Å². The summed E-state index contributed by atoms with van der Waals surface area (Å²) < 4.78 is 38.0. The molecule has 0 aliphatic carbocycles. The smallest absolute Gasteiger partial charge is 0.416 e. The number of carboxylic acids is 1. The first-order valence-corrected chi connectivity index (χ1v) is 7.59. The summed E-state index contributed by atoms with van der Waals surface area (Å²) >= 11 is 6.52. The van der Waals surface area contributed by atoms with Gasteiger partial charge in [-0.15, -0.1) is 5.10 Å². The first kappa shape index (κ1) is 18.3. The van der Waals surface area contributed by atoms with Crippen molar-refractivity contribution >= 4 is 46.6 Å². The number of amidine groups is 1. The fourth-order valence-corrected chi connectivity index (χ4v) is 2.90. The molecule has 6 nitrogen and oxygen atoms in total. The van der Waals surface area contributed by atoms with Crippen LogP contribution in [0, 0.1) is 0 Å². The molecule has 1 unspecified atom stereocenters. The Kier molecular flexibility index (Phi) is 5.50. The van der Waals surface area contributed by atoms with Crippen LogP contribution in [0.25, 0.3) is 0 Å². The molecule has 11 heteroatoms. The second-order valence-corrected chi connectivity index (χ2v) is 6.24. The van der Waals surface area contributed by atoms with Crippen LogP contribution >= 0.6 is 23.4 Å². The van der Waals surface area contributed by atoms with Crippen molar-refractivity contribution in [3.05, 3.63) is 34.3 Å². The molecule has 1 aliphatic rings. The maximum Gasteiger partial charge on any atom is 0.416 e. The van der Waals surface area contributed by atoms with E-state index in [-0.39, 0.29) is 22.2 Å². The molecule has 2 rings (SSSR count). The number of hydrogen-bond donors (Lipinski definition) is 2. The van der Waals surface area contributed by atoms with Gasteiger partial charge in [0.25, 0.3) is 0 Å². The second kappa shape index (κ2) is 7.22. The number of halogens is 4. The fourth-order valence-electron chi connectivity index (χ4n) is 1.74. The molecule has 1 amide bonds. The molecule has 0 radical (unpaired) electrons. The highest BCUT2D eigenvalue weighted by molar-refractivity contribution is 8.15. The summed E-state index contributed by atoms with van der Waals surface area (Å²) in [7, 11) is 0. The number of carboxylic acid groups (broad SMARTS) is 1. The number of benzene rings is 1. The van der Waals surface area contributed by atoms with Gasteiger partial charge in [-0.25, -0.2) is 0 Å². The zero-order valence-corrected chi connectivity index (χ0v) is 13.2. The highest BCUT2D eigenvalue weighted by atomic mass is 35.5. The number of amides is 1. The topological polar surface area (TPSA) is 91.1 Å². The van der Waals surface area contributed by atoms with Crippen LogP contribution < -0.4 is 5.32 Å². The quantitative estimate of drug-likeness (QED) is 0.621. The van der Waals surface area contributed by atoms with Crippen molar-refractivity contribution in [3.8, 4) is 0 Å². The third-order valence-electron chi connectivity index (χ3n) is 2.74. The van der Waals surface area contributed by atoms with E-state index in [0.717, 1.165) is 30.1 Å². The largest absolute Gasteiger partial charge is 0.481 e. The summed E-state index contributed by atoms with van der Waals surface area (Å²) in [6.07, 6.45) is -3.87. The minimum Gasteiger partial charge on any atom is -0.481 e. The molecule has 0 aromatic heterocycles. The summed E-state index contributed by atoms with van der Waals surface area (Å²) in [6, 6.07) is 2.91. The van der Waals surface area contributed by atoms with Crippen molar-refractivity contribution in [2.24, 2.45) is 10.2 Å². The average Bonchev–Trinajstić information content (AvgIpc) is 2.77. The summed E-state index contributed by atoms with van der Waals surface area (Å²) in [4.78, 5) is 22.1. The van der Waals surface area contributed by atoms with Crippen LogP contribution in [0.4, 0.5) is 13.2 Å². The molecule has 2 N–H and O–H groups in total. The summed E-state index contributed by atoms with van der Waals surface area (Å²) in [5.74, 6) is -1.65. The predicted octanol–water partition coefficient (Wildman–Crippen LogP) is 2.76. The lowest BCUT2D eigenvalue weighted by molar-refractivity contribution is -0.138. The van der Waals surface area contributed by atoms with Crippen LogP contribution in [0.5, 0.6) is 0 Å². The van der Waals surface area contributed by atoms with Crippen molar-refractivity contribution in [3.63, 3.8) is 0 Å². The molecular weight excluding hydrogens is 371 g/mol. The standard InChI is InChI=1S/C13H9ClF3N3O3S/c14-8-2-6(1-7(3-8)13(15,16)17)5-18-20-12-19-11(23)9(24-12)4-10(21)22/h1-3,5,9H,4H2,(H,21,22)(H,19,20,23). The third kappa shape index (κ3) is 4.96. The van der Waals surface area contributed by atoms with E-state index < -0.39 is 28.9 Å². The van der Waals surface area contributed by atoms with E-state index in [9.17, 15) is 22.8 Å². The number of rotatable bonds is 4. The Labute approximate surface area is 142 Å². The molecule has 1 aromatic rings. The van der Waals surface area contributed by atoms with Crippen LogP contribution in [0.15, 0.2) is 28.4 Å². The summed E-state index contributed by atoms with van der Waals surface area (Å²) in [6.45, 7) is 0. The first-order valence-electron chi connectivity index (χ1n) is 6.33. The zero-order chi connectivity index (χ0) is 17.9. The van der Waals surface area contributed by atoms with Gasteiger partial charge in [-0.05, 0) is 23.8 Å². The number of carbonyl (C=O) groups excluding carboxylic acids is 1. The molecule has 1 aromatic carbocycles. The Morgan fingerprint density at radius 3 is 2.75 bits per heavy atom. The Bertz CT molecular complexity index is 737. The van der Waals surface area contributed by atoms with E-state index in [2.05, 4.69) is 15.5 Å². The van der Waals surface area contributed by atoms with Crippen molar-refractivity contribution < 1.29 is 27.9 Å². The van der Waals surface area contributed by atoms with E-state index >= 15 is 0 Å². The molecule has 0 spiro atoms. The number of carbonyl (C=O) groups is 2. The lowest BCUT2D eigenvalue weighted by atomic mass is 10.1. The van der Waals surface area contributed by atoms with Gasteiger partial charge < -0.3 is 10.4 Å². The zero-order valence-electron chi connectivity index (χ0n) is 11.7. The fraction of sp³-hybridized carbons (Fsp3) is 0.231. The van der Waals surface area contributed by atoms with Gasteiger partial charge in [-0.2, -0.15) is 18.3 Å². The van der Waals surface area contributed by atoms with Crippen LogP contribution in [0.2, 0.25) is 5.02 Å². The predicted molar refractivity (Wildman–Crippen MR) is 83.3 cm³/mol. The highest BCUT2D eigenvalue weighted by Gasteiger charge is 2.32. The SMILES string of the molecule is O=C(O)CC1SC(=NN=Cc2cc(Cl)cc(C(F)(F)F)c2)NC1=O. The average molecular weight is 380 g/mol. The van der Waals surface area contributed by atoms with E-state index in [1.165, 1.54) is 6.07 Å². The van der Waals surface area contributed by atoms with Crippen LogP contribution in [0.1, 0.15) is 17.5 Å². The Hall–Kier alpha value is -2.07. The van der Waals surface area contributed by atoms with Gasteiger partial charge in [-0.1, -0.05) is 23.4 Å².